The SMILES string of the molecule is CC(C)NC(=O)N1CCN(c2cc(N3CCCCC3)ccc2O)CC1.Cl.Cl. The van der Waals surface area contributed by atoms with Crippen LogP contribution >= 0.6 is 24.8 Å². The summed E-state index contributed by atoms with van der Waals surface area (Å²) < 4.78 is 0. The molecule has 2 aliphatic rings. The quantitative estimate of drug-likeness (QED) is 0.788. The molecule has 2 N–H and O–H groups in total. The fraction of sp³-hybridized carbons (Fsp3) is 0.632. The number of hydrogen-bond acceptors (Lipinski definition) is 4. The predicted molar refractivity (Wildman–Crippen MR) is 116 cm³/mol. The number of piperazine rings is 1. The first-order valence-corrected chi connectivity index (χ1v) is 9.43. The molecule has 27 heavy (non-hydrogen) atoms. The molecule has 2 heterocycles. The van der Waals surface area contributed by atoms with Crippen molar-refractivity contribution in [1.29, 1.82) is 0 Å². The van der Waals surface area contributed by atoms with Crippen LogP contribution in [0.25, 0.3) is 0 Å². The molecule has 0 aromatic heterocycles. The van der Waals surface area contributed by atoms with E-state index in [9.17, 15) is 9.90 Å². The van der Waals surface area contributed by atoms with Crippen LogP contribution in [0, 0.1) is 0 Å². The normalized spacial score (nSPS) is 17.2. The van der Waals surface area contributed by atoms with Crippen LogP contribution in [0.2, 0.25) is 0 Å². The number of nitrogens with one attached hydrogen (secondary N) is 1. The van der Waals surface area contributed by atoms with E-state index in [1.54, 1.807) is 6.07 Å². The Labute approximate surface area is 174 Å². The molecule has 2 fully saturated rings. The Morgan fingerprint density at radius 3 is 2.19 bits per heavy atom. The molecule has 8 heteroatoms. The van der Waals surface area contributed by atoms with Crippen molar-refractivity contribution in [2.45, 2.75) is 39.2 Å². The monoisotopic (exact) mass is 418 g/mol. The van der Waals surface area contributed by atoms with Crippen molar-refractivity contribution >= 4 is 42.2 Å². The number of phenols is 1. The average Bonchev–Trinajstić information content (AvgIpc) is 2.62. The molecule has 0 bridgehead atoms. The number of benzene rings is 1. The number of piperidine rings is 1. The number of carbonyl (C=O) groups excluding carboxylic acids is 1. The first-order chi connectivity index (χ1) is 12.0. The number of rotatable bonds is 3. The number of phenolic OH excluding ortho intramolecular Hbond substituents is 1. The van der Waals surface area contributed by atoms with Crippen molar-refractivity contribution in [3.63, 3.8) is 0 Å². The number of nitrogens with zero attached hydrogens (tertiary/aromatic N) is 3. The summed E-state index contributed by atoms with van der Waals surface area (Å²) in [7, 11) is 0. The molecule has 154 valence electrons. The van der Waals surface area contributed by atoms with Crippen LogP contribution in [-0.4, -0.2) is 61.3 Å². The van der Waals surface area contributed by atoms with Crippen LogP contribution in [-0.2, 0) is 0 Å². The summed E-state index contributed by atoms with van der Waals surface area (Å²) in [6.07, 6.45) is 3.78. The summed E-state index contributed by atoms with van der Waals surface area (Å²) in [5, 5.41) is 13.3. The highest BCUT2D eigenvalue weighted by Crippen LogP contribution is 2.33. The van der Waals surface area contributed by atoms with Gasteiger partial charge in [0.05, 0.1) is 5.69 Å². The van der Waals surface area contributed by atoms with Crippen LogP contribution in [0.5, 0.6) is 5.75 Å². The molecule has 0 radical (unpaired) electrons. The lowest BCUT2D eigenvalue weighted by atomic mass is 10.1. The number of aromatic hydroxyl groups is 1. The first-order valence-electron chi connectivity index (χ1n) is 9.43. The second-order valence-corrected chi connectivity index (χ2v) is 7.30. The van der Waals surface area contributed by atoms with E-state index in [0.29, 0.717) is 18.8 Å². The van der Waals surface area contributed by atoms with Crippen molar-refractivity contribution in [2.75, 3.05) is 49.1 Å². The highest BCUT2D eigenvalue weighted by atomic mass is 35.5. The first kappa shape index (κ1) is 23.5. The Hall–Kier alpha value is -1.53. The van der Waals surface area contributed by atoms with E-state index >= 15 is 0 Å². The molecule has 0 unspecified atom stereocenters. The highest BCUT2D eigenvalue weighted by molar-refractivity contribution is 5.85. The largest absolute Gasteiger partial charge is 0.506 e. The lowest BCUT2D eigenvalue weighted by Crippen LogP contribution is -2.53. The van der Waals surface area contributed by atoms with Gasteiger partial charge in [0.1, 0.15) is 5.75 Å². The molecular formula is C19H32Cl2N4O2. The van der Waals surface area contributed by atoms with Gasteiger partial charge in [0, 0.05) is 51.0 Å². The van der Waals surface area contributed by atoms with E-state index in [1.165, 1.54) is 24.9 Å². The molecular weight excluding hydrogens is 387 g/mol. The molecule has 2 saturated heterocycles. The van der Waals surface area contributed by atoms with Gasteiger partial charge in [-0.3, -0.25) is 0 Å². The maximum atomic E-state index is 12.1. The van der Waals surface area contributed by atoms with E-state index < -0.39 is 0 Å². The number of anilines is 2. The molecule has 0 atom stereocenters. The van der Waals surface area contributed by atoms with Gasteiger partial charge in [0.2, 0.25) is 0 Å². The number of halogens is 2. The lowest BCUT2D eigenvalue weighted by molar-refractivity contribution is 0.192. The average molecular weight is 419 g/mol. The van der Waals surface area contributed by atoms with Gasteiger partial charge in [-0.15, -0.1) is 24.8 Å². The van der Waals surface area contributed by atoms with Crippen molar-refractivity contribution in [2.24, 2.45) is 0 Å². The Morgan fingerprint density at radius 1 is 0.963 bits per heavy atom. The van der Waals surface area contributed by atoms with Crippen LogP contribution in [0.3, 0.4) is 0 Å². The Kier molecular flexibility index (Phi) is 9.33. The standard InChI is InChI=1S/C19H30N4O2.2ClH/c1-15(2)20-19(25)23-12-10-22(11-13-23)17-14-16(6-7-18(17)24)21-8-4-3-5-9-21;;/h6-7,14-15,24H,3-5,8-13H2,1-2H3,(H,20,25);2*1H. The molecule has 2 amide bonds. The second kappa shape index (κ2) is 10.7. The van der Waals surface area contributed by atoms with Gasteiger partial charge in [-0.1, -0.05) is 0 Å². The van der Waals surface area contributed by atoms with E-state index in [2.05, 4.69) is 21.2 Å². The molecule has 6 nitrogen and oxygen atoms in total. The molecule has 2 aliphatic heterocycles. The fourth-order valence-electron chi connectivity index (χ4n) is 3.60. The topological polar surface area (TPSA) is 59.1 Å². The van der Waals surface area contributed by atoms with Gasteiger partial charge < -0.3 is 25.1 Å². The summed E-state index contributed by atoms with van der Waals surface area (Å²) in [5.41, 5.74) is 2.07. The number of carbonyl (C=O) groups is 1. The van der Waals surface area contributed by atoms with Gasteiger partial charge in [-0.05, 0) is 51.3 Å². The Balaban J connectivity index is 0.00000182. The van der Waals surface area contributed by atoms with Crippen molar-refractivity contribution < 1.29 is 9.90 Å². The zero-order chi connectivity index (χ0) is 17.8. The second-order valence-electron chi connectivity index (χ2n) is 7.30. The third-order valence-electron chi connectivity index (χ3n) is 5.00. The minimum Gasteiger partial charge on any atom is -0.506 e. The molecule has 3 rings (SSSR count). The number of hydrogen-bond donors (Lipinski definition) is 2. The Morgan fingerprint density at radius 2 is 1.59 bits per heavy atom. The lowest BCUT2D eigenvalue weighted by Gasteiger charge is -2.37. The van der Waals surface area contributed by atoms with Gasteiger partial charge >= 0.3 is 6.03 Å². The van der Waals surface area contributed by atoms with Crippen molar-refractivity contribution in [1.82, 2.24) is 10.2 Å². The van der Waals surface area contributed by atoms with Crippen LogP contribution < -0.4 is 15.1 Å². The van der Waals surface area contributed by atoms with Gasteiger partial charge in [0.15, 0.2) is 0 Å². The summed E-state index contributed by atoms with van der Waals surface area (Å²) in [5.74, 6) is 0.320. The minimum absolute atomic E-state index is 0. The maximum Gasteiger partial charge on any atom is 0.317 e. The third-order valence-corrected chi connectivity index (χ3v) is 5.00. The van der Waals surface area contributed by atoms with Crippen LogP contribution in [0.4, 0.5) is 16.2 Å². The van der Waals surface area contributed by atoms with Crippen molar-refractivity contribution in [3.05, 3.63) is 18.2 Å². The highest BCUT2D eigenvalue weighted by Gasteiger charge is 2.23. The van der Waals surface area contributed by atoms with E-state index in [1.807, 2.05) is 24.8 Å². The molecule has 0 spiro atoms. The smallest absolute Gasteiger partial charge is 0.317 e. The predicted octanol–water partition coefficient (Wildman–Crippen LogP) is 3.47. The van der Waals surface area contributed by atoms with Gasteiger partial charge in [-0.2, -0.15) is 0 Å². The van der Waals surface area contributed by atoms with E-state index in [0.717, 1.165) is 31.9 Å². The number of urea groups is 1. The molecule has 1 aromatic rings. The number of amides is 2. The summed E-state index contributed by atoms with van der Waals surface area (Å²) in [4.78, 5) is 18.6. The summed E-state index contributed by atoms with van der Waals surface area (Å²) in [6, 6.07) is 6.06. The fourth-order valence-corrected chi connectivity index (χ4v) is 3.60. The summed E-state index contributed by atoms with van der Waals surface area (Å²) >= 11 is 0. The molecule has 0 aliphatic carbocycles. The van der Waals surface area contributed by atoms with Gasteiger partial charge in [-0.25, -0.2) is 4.79 Å². The zero-order valence-electron chi connectivity index (χ0n) is 16.2. The van der Waals surface area contributed by atoms with Crippen LogP contribution in [0.1, 0.15) is 33.1 Å². The maximum absolute atomic E-state index is 12.1. The summed E-state index contributed by atoms with van der Waals surface area (Å²) in [6.45, 7) is 8.94. The van der Waals surface area contributed by atoms with E-state index in [-0.39, 0.29) is 36.9 Å². The third kappa shape index (κ3) is 5.98. The van der Waals surface area contributed by atoms with Gasteiger partial charge in [0.25, 0.3) is 0 Å². The van der Waals surface area contributed by atoms with Crippen LogP contribution in [0.15, 0.2) is 18.2 Å². The molecule has 0 saturated carbocycles. The minimum atomic E-state index is 0. The van der Waals surface area contributed by atoms with E-state index in [4.69, 9.17) is 0 Å². The zero-order valence-corrected chi connectivity index (χ0v) is 17.8. The molecule has 1 aromatic carbocycles. The van der Waals surface area contributed by atoms with Crippen molar-refractivity contribution in [3.8, 4) is 5.75 Å². The Bertz CT molecular complexity index is 601.